The minimum atomic E-state index is -0.111. The second kappa shape index (κ2) is 14.9. The van der Waals surface area contributed by atoms with Gasteiger partial charge in [-0.3, -0.25) is 0 Å². The summed E-state index contributed by atoms with van der Waals surface area (Å²) in [6.45, 7) is 9.49. The van der Waals surface area contributed by atoms with E-state index < -0.39 is 0 Å². The number of hydrogen-bond donors (Lipinski definition) is 0. The Bertz CT molecular complexity index is 3750. The van der Waals surface area contributed by atoms with E-state index in [4.69, 9.17) is 15.0 Å². The van der Waals surface area contributed by atoms with E-state index in [0.29, 0.717) is 17.5 Å². The van der Waals surface area contributed by atoms with Gasteiger partial charge in [0.1, 0.15) is 0 Å². The molecule has 0 fully saturated rings. The fourth-order valence-corrected chi connectivity index (χ4v) is 12.4. The zero-order valence-corrected chi connectivity index (χ0v) is 38.6. The zero-order chi connectivity index (χ0) is 45.0. The Labute approximate surface area is 395 Å². The van der Waals surface area contributed by atoms with Crippen molar-refractivity contribution < 1.29 is 0 Å². The maximum Gasteiger partial charge on any atom is 0.164 e. The number of hydrogen-bond acceptors (Lipinski definition) is 4. The highest BCUT2D eigenvalue weighted by Gasteiger charge is 2.37. The van der Waals surface area contributed by atoms with Crippen LogP contribution in [0.5, 0.6) is 0 Å². The van der Waals surface area contributed by atoms with E-state index in [9.17, 15) is 0 Å². The highest BCUT2D eigenvalue weighted by molar-refractivity contribution is 7.26. The van der Waals surface area contributed by atoms with Gasteiger partial charge in [-0.1, -0.05) is 198 Å². The van der Waals surface area contributed by atoms with Crippen molar-refractivity contribution in [3.05, 3.63) is 222 Å². The standard InChI is InChI=1S/C63H45N3S/c1-62(2)53-27-13-11-23-46(53)48-31-29-40(36-55(48)62)44-34-51(42-30-32-49-47-24-12-14-28-54(47)63(3,4)56(49)37-42)58-52(35-44)50-26-16-25-45(57(50)67-58)41-21-15-22-43(33-41)61-65-59(38-17-7-5-8-18-38)64-60(66-61)39-19-9-6-10-20-39/h5-37H,1-4H3. The molecule has 318 valence electrons. The number of rotatable bonds is 6. The van der Waals surface area contributed by atoms with Gasteiger partial charge in [0.25, 0.3) is 0 Å². The number of thiophene rings is 1. The van der Waals surface area contributed by atoms with Gasteiger partial charge in [0.05, 0.1) is 0 Å². The van der Waals surface area contributed by atoms with Gasteiger partial charge in [-0.2, -0.15) is 0 Å². The van der Waals surface area contributed by atoms with Crippen LogP contribution >= 0.6 is 11.3 Å². The summed E-state index contributed by atoms with van der Waals surface area (Å²) >= 11 is 1.90. The molecule has 2 aliphatic carbocycles. The minimum absolute atomic E-state index is 0.0957. The summed E-state index contributed by atoms with van der Waals surface area (Å²) in [4.78, 5) is 15.1. The van der Waals surface area contributed by atoms with Crippen LogP contribution in [0.25, 0.3) is 110 Å². The highest BCUT2D eigenvalue weighted by Crippen LogP contribution is 2.53. The molecule has 0 unspecified atom stereocenters. The predicted octanol–water partition coefficient (Wildman–Crippen LogP) is 16.9. The first-order valence-corrected chi connectivity index (χ1v) is 24.0. The van der Waals surface area contributed by atoms with Crippen LogP contribution in [-0.4, -0.2) is 15.0 Å². The average molecular weight is 876 g/mol. The van der Waals surface area contributed by atoms with Crippen molar-refractivity contribution >= 4 is 31.5 Å². The molecule has 2 heterocycles. The molecule has 9 aromatic carbocycles. The monoisotopic (exact) mass is 875 g/mol. The summed E-state index contributed by atoms with van der Waals surface area (Å²) in [6.07, 6.45) is 0. The molecule has 3 nitrogen and oxygen atoms in total. The molecule has 0 radical (unpaired) electrons. The quantitative estimate of drug-likeness (QED) is 0.167. The molecule has 0 spiro atoms. The van der Waals surface area contributed by atoms with E-state index in [2.05, 4.69) is 191 Å². The normalized spacial score (nSPS) is 13.9. The van der Waals surface area contributed by atoms with E-state index in [1.165, 1.54) is 92.5 Å². The summed E-state index contributed by atoms with van der Waals surface area (Å²) < 4.78 is 2.56. The lowest BCUT2D eigenvalue weighted by Gasteiger charge is -2.22. The maximum absolute atomic E-state index is 5.09. The summed E-state index contributed by atoms with van der Waals surface area (Å²) in [5, 5.41) is 2.53. The first-order chi connectivity index (χ1) is 32.7. The summed E-state index contributed by atoms with van der Waals surface area (Å²) in [5.74, 6) is 1.95. The number of aromatic nitrogens is 3. The Kier molecular flexibility index (Phi) is 8.78. The molecule has 0 atom stereocenters. The molecular weight excluding hydrogens is 831 g/mol. The van der Waals surface area contributed by atoms with Crippen molar-refractivity contribution in [2.24, 2.45) is 0 Å². The van der Waals surface area contributed by atoms with Gasteiger partial charge in [0.15, 0.2) is 17.5 Å². The van der Waals surface area contributed by atoms with E-state index in [1.54, 1.807) is 0 Å². The van der Waals surface area contributed by atoms with Gasteiger partial charge in [-0.05, 0) is 103 Å². The molecule has 11 aromatic rings. The summed E-state index contributed by atoms with van der Waals surface area (Å²) in [5.41, 5.74) is 20.8. The predicted molar refractivity (Wildman–Crippen MR) is 280 cm³/mol. The molecule has 13 rings (SSSR count). The summed E-state index contributed by atoms with van der Waals surface area (Å²) in [6, 6.07) is 73.0. The lowest BCUT2D eigenvalue weighted by Crippen LogP contribution is -2.15. The van der Waals surface area contributed by atoms with E-state index >= 15 is 0 Å². The van der Waals surface area contributed by atoms with Crippen LogP contribution in [0.1, 0.15) is 49.9 Å². The van der Waals surface area contributed by atoms with Crippen molar-refractivity contribution in [3.8, 4) is 89.8 Å². The average Bonchev–Trinajstić information content (AvgIpc) is 3.96. The SMILES string of the molecule is CC1(C)c2ccccc2-c2ccc(-c3cc(-c4ccc5c(c4)C(C)(C)c4ccccc4-5)c4sc5c(-c6cccc(-c7nc(-c8ccccc8)nc(-c8ccccc8)n7)c6)cccc5c4c3)cc21. The summed E-state index contributed by atoms with van der Waals surface area (Å²) in [7, 11) is 0. The van der Waals surface area contributed by atoms with Gasteiger partial charge >= 0.3 is 0 Å². The first-order valence-electron chi connectivity index (χ1n) is 23.2. The van der Waals surface area contributed by atoms with Crippen LogP contribution in [0.3, 0.4) is 0 Å². The van der Waals surface area contributed by atoms with Crippen molar-refractivity contribution in [2.45, 2.75) is 38.5 Å². The second-order valence-corrected chi connectivity index (χ2v) is 20.2. The molecule has 0 saturated heterocycles. The third kappa shape index (κ3) is 6.20. The highest BCUT2D eigenvalue weighted by atomic mass is 32.1. The third-order valence-electron chi connectivity index (χ3n) is 14.5. The molecule has 0 aliphatic heterocycles. The van der Waals surface area contributed by atoms with Crippen LogP contribution in [0, 0.1) is 0 Å². The van der Waals surface area contributed by atoms with Gasteiger partial charge < -0.3 is 0 Å². The van der Waals surface area contributed by atoms with E-state index in [-0.39, 0.29) is 10.8 Å². The van der Waals surface area contributed by atoms with Gasteiger partial charge in [0, 0.05) is 53.3 Å². The van der Waals surface area contributed by atoms with Gasteiger partial charge in [-0.15, -0.1) is 11.3 Å². The van der Waals surface area contributed by atoms with Gasteiger partial charge in [-0.25, -0.2) is 15.0 Å². The molecule has 0 saturated carbocycles. The molecule has 2 aliphatic rings. The Balaban J connectivity index is 0.996. The van der Waals surface area contributed by atoms with Crippen LogP contribution in [0.4, 0.5) is 0 Å². The Morgan fingerprint density at radius 1 is 0.284 bits per heavy atom. The zero-order valence-electron chi connectivity index (χ0n) is 37.8. The first kappa shape index (κ1) is 39.6. The Morgan fingerprint density at radius 3 is 1.36 bits per heavy atom. The Morgan fingerprint density at radius 2 is 0.731 bits per heavy atom. The molecule has 0 amide bonds. The van der Waals surface area contributed by atoms with E-state index in [0.717, 1.165) is 22.3 Å². The molecule has 0 N–H and O–H groups in total. The van der Waals surface area contributed by atoms with Crippen LogP contribution in [-0.2, 0) is 10.8 Å². The number of nitrogens with zero attached hydrogens (tertiary/aromatic N) is 3. The van der Waals surface area contributed by atoms with Crippen molar-refractivity contribution in [2.75, 3.05) is 0 Å². The smallest absolute Gasteiger partial charge is 0.164 e. The lowest BCUT2D eigenvalue weighted by atomic mass is 9.81. The topological polar surface area (TPSA) is 38.7 Å². The second-order valence-electron chi connectivity index (χ2n) is 19.2. The molecule has 2 aromatic heterocycles. The van der Waals surface area contributed by atoms with Crippen molar-refractivity contribution in [1.82, 2.24) is 15.0 Å². The maximum atomic E-state index is 5.09. The molecule has 67 heavy (non-hydrogen) atoms. The molecule has 4 heteroatoms. The minimum Gasteiger partial charge on any atom is -0.208 e. The Hall–Kier alpha value is -7.79. The third-order valence-corrected chi connectivity index (χ3v) is 15.8. The molecule has 0 bridgehead atoms. The van der Waals surface area contributed by atoms with Crippen LogP contribution in [0.15, 0.2) is 200 Å². The largest absolute Gasteiger partial charge is 0.208 e. The van der Waals surface area contributed by atoms with Gasteiger partial charge in [0.2, 0.25) is 0 Å². The van der Waals surface area contributed by atoms with E-state index in [1.807, 2.05) is 47.7 Å². The van der Waals surface area contributed by atoms with Crippen molar-refractivity contribution in [1.29, 1.82) is 0 Å². The lowest BCUT2D eigenvalue weighted by molar-refractivity contribution is 0.660. The number of benzene rings is 9. The van der Waals surface area contributed by atoms with Crippen molar-refractivity contribution in [3.63, 3.8) is 0 Å². The van der Waals surface area contributed by atoms with Crippen LogP contribution in [0.2, 0.25) is 0 Å². The fraction of sp³-hybridized carbons (Fsp3) is 0.0952. The van der Waals surface area contributed by atoms with Crippen LogP contribution < -0.4 is 0 Å². The number of fused-ring (bicyclic) bond motifs is 9. The molecular formula is C63H45N3S. The fourth-order valence-electron chi connectivity index (χ4n) is 11.0.